The number of nitrogens with zero attached hydrogens (tertiary/aromatic N) is 3. The van der Waals surface area contributed by atoms with E-state index in [1.165, 1.54) is 12.1 Å². The normalized spacial score (nSPS) is 10.7. The maximum absolute atomic E-state index is 13.7. The summed E-state index contributed by atoms with van der Waals surface area (Å²) in [5.41, 5.74) is 1.65. The Morgan fingerprint density at radius 3 is 2.59 bits per heavy atom. The van der Waals surface area contributed by atoms with E-state index in [0.29, 0.717) is 24.7 Å². The molecule has 4 rings (SSSR count). The monoisotopic (exact) mass is 387 g/mol. The van der Waals surface area contributed by atoms with E-state index >= 15 is 0 Å². The van der Waals surface area contributed by atoms with Crippen LogP contribution in [0.15, 0.2) is 73.1 Å². The molecule has 0 unspecified atom stereocenters. The number of carbonyl (C=O) groups excluding carboxylic acids is 1. The minimum atomic E-state index is -0.541. The fourth-order valence-electron chi connectivity index (χ4n) is 2.93. The number of fused-ring (bicyclic) bond motifs is 1. The van der Waals surface area contributed by atoms with Crippen molar-refractivity contribution in [2.75, 3.05) is 18.4 Å². The molecule has 0 bridgehead atoms. The molecule has 4 aromatic rings. The Kier molecular flexibility index (Phi) is 5.38. The molecule has 7 heteroatoms. The third-order valence-corrected chi connectivity index (χ3v) is 4.34. The maximum atomic E-state index is 13.7. The third-order valence-electron chi connectivity index (χ3n) is 4.34. The molecule has 0 spiro atoms. The Bertz CT molecular complexity index is 1150. The summed E-state index contributed by atoms with van der Waals surface area (Å²) < 4.78 is 13.7. The van der Waals surface area contributed by atoms with Gasteiger partial charge in [0.25, 0.3) is 5.91 Å². The molecule has 0 aliphatic carbocycles. The van der Waals surface area contributed by atoms with Crippen LogP contribution in [-0.4, -0.2) is 33.9 Å². The number of anilines is 1. The molecule has 6 nitrogen and oxygen atoms in total. The molecular weight excluding hydrogens is 369 g/mol. The van der Waals surface area contributed by atoms with Crippen LogP contribution in [0, 0.1) is 5.82 Å². The van der Waals surface area contributed by atoms with Crippen molar-refractivity contribution >= 4 is 22.6 Å². The van der Waals surface area contributed by atoms with E-state index in [-0.39, 0.29) is 5.56 Å². The molecule has 2 heterocycles. The Morgan fingerprint density at radius 2 is 1.76 bits per heavy atom. The Hall–Kier alpha value is -3.87. The third kappa shape index (κ3) is 4.19. The minimum absolute atomic E-state index is 0.0267. The van der Waals surface area contributed by atoms with E-state index in [2.05, 4.69) is 25.6 Å². The first-order chi connectivity index (χ1) is 14.2. The average molecular weight is 387 g/mol. The van der Waals surface area contributed by atoms with Crippen molar-refractivity contribution in [2.45, 2.75) is 0 Å². The Labute approximate surface area is 166 Å². The number of para-hydroxylation sites is 1. The van der Waals surface area contributed by atoms with Crippen LogP contribution < -0.4 is 10.6 Å². The zero-order valence-electron chi connectivity index (χ0n) is 15.5. The number of halogens is 1. The highest BCUT2D eigenvalue weighted by Crippen LogP contribution is 2.24. The Balaban J connectivity index is 1.49. The summed E-state index contributed by atoms with van der Waals surface area (Å²) in [5, 5.41) is 6.82. The van der Waals surface area contributed by atoms with Crippen LogP contribution in [-0.2, 0) is 0 Å². The maximum Gasteiger partial charge on any atom is 0.254 e. The van der Waals surface area contributed by atoms with Crippen LogP contribution >= 0.6 is 0 Å². The summed E-state index contributed by atoms with van der Waals surface area (Å²) in [7, 11) is 0. The van der Waals surface area contributed by atoms with Crippen molar-refractivity contribution in [3.63, 3.8) is 0 Å². The second kappa shape index (κ2) is 8.43. The number of rotatable bonds is 6. The largest absolute Gasteiger partial charge is 0.368 e. The van der Waals surface area contributed by atoms with Crippen molar-refractivity contribution in [3.05, 3.63) is 84.4 Å². The standard InChI is InChI=1S/C22H18FN5O/c23-18-9-3-1-7-16(18)22(29)26-13-12-25-21-17-8-2-4-10-19(17)27-20(28-21)15-6-5-11-24-14-15/h1-11,14H,12-13H2,(H,26,29)(H,25,27,28). The van der Waals surface area contributed by atoms with E-state index < -0.39 is 11.7 Å². The topological polar surface area (TPSA) is 79.8 Å². The van der Waals surface area contributed by atoms with E-state index in [1.54, 1.807) is 24.5 Å². The molecule has 0 aliphatic rings. The summed E-state index contributed by atoms with van der Waals surface area (Å²) >= 11 is 0. The summed E-state index contributed by atoms with van der Waals surface area (Å²) in [6, 6.07) is 17.3. The molecule has 29 heavy (non-hydrogen) atoms. The summed E-state index contributed by atoms with van der Waals surface area (Å²) in [6.45, 7) is 0.738. The summed E-state index contributed by atoms with van der Waals surface area (Å²) in [5.74, 6) is 0.235. The van der Waals surface area contributed by atoms with Gasteiger partial charge in [-0.1, -0.05) is 24.3 Å². The van der Waals surface area contributed by atoms with Crippen molar-refractivity contribution < 1.29 is 9.18 Å². The highest BCUT2D eigenvalue weighted by molar-refractivity contribution is 5.94. The van der Waals surface area contributed by atoms with Crippen LogP contribution in [0.4, 0.5) is 10.2 Å². The van der Waals surface area contributed by atoms with Crippen molar-refractivity contribution in [1.82, 2.24) is 20.3 Å². The molecule has 0 atom stereocenters. The van der Waals surface area contributed by atoms with Crippen molar-refractivity contribution in [1.29, 1.82) is 0 Å². The quantitative estimate of drug-likeness (QED) is 0.494. The van der Waals surface area contributed by atoms with Gasteiger partial charge in [-0.25, -0.2) is 14.4 Å². The number of aromatic nitrogens is 3. The van der Waals surface area contributed by atoms with Gasteiger partial charge in [0.05, 0.1) is 11.1 Å². The highest BCUT2D eigenvalue weighted by Gasteiger charge is 2.11. The number of hydrogen-bond acceptors (Lipinski definition) is 5. The van der Waals surface area contributed by atoms with E-state index in [1.807, 2.05) is 36.4 Å². The van der Waals surface area contributed by atoms with E-state index in [4.69, 9.17) is 0 Å². The van der Waals surface area contributed by atoms with Gasteiger partial charge in [0.1, 0.15) is 11.6 Å². The number of hydrogen-bond donors (Lipinski definition) is 2. The van der Waals surface area contributed by atoms with Crippen molar-refractivity contribution in [3.8, 4) is 11.4 Å². The average Bonchev–Trinajstić information content (AvgIpc) is 2.77. The molecule has 0 saturated carbocycles. The molecule has 0 aliphatic heterocycles. The lowest BCUT2D eigenvalue weighted by Crippen LogP contribution is -2.29. The zero-order valence-corrected chi connectivity index (χ0v) is 15.5. The molecule has 0 saturated heterocycles. The van der Waals surface area contributed by atoms with Crippen molar-refractivity contribution in [2.24, 2.45) is 0 Å². The molecule has 2 aromatic heterocycles. The first-order valence-electron chi connectivity index (χ1n) is 9.16. The SMILES string of the molecule is O=C(NCCNc1nc(-c2cccnc2)nc2ccccc12)c1ccccc1F. The van der Waals surface area contributed by atoms with Crippen LogP contribution in [0.25, 0.3) is 22.3 Å². The van der Waals surface area contributed by atoms with Crippen LogP contribution in [0.3, 0.4) is 0 Å². The predicted molar refractivity (Wildman–Crippen MR) is 110 cm³/mol. The van der Waals surface area contributed by atoms with Crippen LogP contribution in [0.1, 0.15) is 10.4 Å². The number of carbonyl (C=O) groups is 1. The second-order valence-electron chi connectivity index (χ2n) is 6.32. The lowest BCUT2D eigenvalue weighted by molar-refractivity contribution is 0.0951. The summed E-state index contributed by atoms with van der Waals surface area (Å²) in [6.07, 6.45) is 3.41. The van der Waals surface area contributed by atoms with E-state index in [0.717, 1.165) is 16.5 Å². The lowest BCUT2D eigenvalue weighted by atomic mass is 10.2. The van der Waals surface area contributed by atoms with Gasteiger partial charge in [0.15, 0.2) is 5.82 Å². The number of pyridine rings is 1. The molecule has 144 valence electrons. The van der Waals surface area contributed by atoms with Gasteiger partial charge in [-0.15, -0.1) is 0 Å². The first-order valence-corrected chi connectivity index (χ1v) is 9.16. The number of benzene rings is 2. The number of amides is 1. The molecule has 0 radical (unpaired) electrons. The number of nitrogens with one attached hydrogen (secondary N) is 2. The molecule has 0 fully saturated rings. The fourth-order valence-corrected chi connectivity index (χ4v) is 2.93. The molecule has 1 amide bonds. The van der Waals surface area contributed by atoms with Gasteiger partial charge in [-0.3, -0.25) is 9.78 Å². The van der Waals surface area contributed by atoms with Gasteiger partial charge in [0.2, 0.25) is 0 Å². The van der Waals surface area contributed by atoms with Gasteiger partial charge >= 0.3 is 0 Å². The highest BCUT2D eigenvalue weighted by atomic mass is 19.1. The smallest absolute Gasteiger partial charge is 0.254 e. The summed E-state index contributed by atoms with van der Waals surface area (Å²) in [4.78, 5) is 25.5. The van der Waals surface area contributed by atoms with Gasteiger partial charge in [-0.05, 0) is 36.4 Å². The van der Waals surface area contributed by atoms with Gasteiger partial charge < -0.3 is 10.6 Å². The Morgan fingerprint density at radius 1 is 0.931 bits per heavy atom. The van der Waals surface area contributed by atoms with Gasteiger partial charge in [0, 0.05) is 36.4 Å². The second-order valence-corrected chi connectivity index (χ2v) is 6.32. The molecular formula is C22H18FN5O. The first kappa shape index (κ1) is 18.5. The predicted octanol–water partition coefficient (Wildman–Crippen LogP) is 3.67. The minimum Gasteiger partial charge on any atom is -0.368 e. The zero-order chi connectivity index (χ0) is 20.1. The lowest BCUT2D eigenvalue weighted by Gasteiger charge is -2.11. The van der Waals surface area contributed by atoms with Crippen LogP contribution in [0.2, 0.25) is 0 Å². The van der Waals surface area contributed by atoms with Gasteiger partial charge in [-0.2, -0.15) is 0 Å². The fraction of sp³-hybridized carbons (Fsp3) is 0.0909. The molecule has 2 N–H and O–H groups in total. The van der Waals surface area contributed by atoms with E-state index in [9.17, 15) is 9.18 Å². The van der Waals surface area contributed by atoms with Crippen LogP contribution in [0.5, 0.6) is 0 Å². The molecule has 2 aromatic carbocycles.